The van der Waals surface area contributed by atoms with Crippen molar-refractivity contribution < 1.29 is 9.90 Å². The lowest BCUT2D eigenvalue weighted by molar-refractivity contribution is -0.138. The predicted molar refractivity (Wildman–Crippen MR) is 79.7 cm³/mol. The Morgan fingerprint density at radius 2 is 2.10 bits per heavy atom. The average molecular weight is 286 g/mol. The minimum absolute atomic E-state index is 0.0129. The van der Waals surface area contributed by atoms with Crippen molar-refractivity contribution in [1.29, 1.82) is 0 Å². The van der Waals surface area contributed by atoms with Crippen LogP contribution in [0.2, 0.25) is 0 Å². The molecule has 0 bridgehead atoms. The standard InChI is InChI=1S/C6H14N4O2.C6H12N2/c7-4(5(11)12)2-1-3-10-6(8)9;1-3-8-5-4-7(2)6-8/h4H,1-3,7H2,(H,11,12)(H4,8,9,10);4-5H,3,6H2,1-2H3/t4-;/m0./s1. The van der Waals surface area contributed by atoms with Crippen molar-refractivity contribution in [3.63, 3.8) is 0 Å². The van der Waals surface area contributed by atoms with E-state index in [1.807, 2.05) is 0 Å². The first-order valence-corrected chi connectivity index (χ1v) is 6.53. The smallest absolute Gasteiger partial charge is 0.320 e. The van der Waals surface area contributed by atoms with Gasteiger partial charge < -0.3 is 32.1 Å². The van der Waals surface area contributed by atoms with Crippen LogP contribution in [0.1, 0.15) is 19.8 Å². The first kappa shape index (κ1) is 18.0. The van der Waals surface area contributed by atoms with Crippen LogP contribution in [0.3, 0.4) is 0 Å². The van der Waals surface area contributed by atoms with Gasteiger partial charge in [-0.05, 0) is 19.8 Å². The lowest BCUT2D eigenvalue weighted by atomic mass is 10.2. The maximum Gasteiger partial charge on any atom is 0.320 e. The zero-order valence-corrected chi connectivity index (χ0v) is 12.2. The molecule has 0 aromatic heterocycles. The highest BCUT2D eigenvalue weighted by atomic mass is 16.4. The van der Waals surface area contributed by atoms with Crippen LogP contribution in [-0.2, 0) is 4.79 Å². The molecule has 1 heterocycles. The molecule has 0 fully saturated rings. The molecule has 0 aromatic rings. The molecule has 8 heteroatoms. The number of hydrogen-bond donors (Lipinski definition) is 4. The quantitative estimate of drug-likeness (QED) is 0.283. The number of hydrogen-bond acceptors (Lipinski definition) is 5. The van der Waals surface area contributed by atoms with Crippen LogP contribution in [0.15, 0.2) is 17.4 Å². The largest absolute Gasteiger partial charge is 0.480 e. The summed E-state index contributed by atoms with van der Waals surface area (Å²) in [7, 11) is 2.08. The SMILES string of the molecule is CCN1C=CN(C)C1.NC(N)=NCCC[C@H](N)C(=O)O. The van der Waals surface area contributed by atoms with Gasteiger partial charge in [0.25, 0.3) is 0 Å². The van der Waals surface area contributed by atoms with E-state index >= 15 is 0 Å². The highest BCUT2D eigenvalue weighted by Crippen LogP contribution is 2.00. The second kappa shape index (κ2) is 9.90. The Balaban J connectivity index is 0.000000388. The molecular weight excluding hydrogens is 260 g/mol. The van der Waals surface area contributed by atoms with E-state index in [4.69, 9.17) is 22.3 Å². The average Bonchev–Trinajstić information content (AvgIpc) is 2.80. The minimum Gasteiger partial charge on any atom is -0.480 e. The third-order valence-electron chi connectivity index (χ3n) is 2.63. The van der Waals surface area contributed by atoms with Crippen molar-refractivity contribution in [3.8, 4) is 0 Å². The molecule has 0 amide bonds. The van der Waals surface area contributed by atoms with Crippen LogP contribution in [0.4, 0.5) is 0 Å². The molecule has 0 saturated heterocycles. The molecule has 0 aromatic carbocycles. The van der Waals surface area contributed by atoms with E-state index in [1.165, 1.54) is 0 Å². The molecule has 116 valence electrons. The van der Waals surface area contributed by atoms with E-state index in [9.17, 15) is 4.79 Å². The third kappa shape index (κ3) is 9.03. The predicted octanol–water partition coefficient (Wildman–Crippen LogP) is -0.866. The van der Waals surface area contributed by atoms with Gasteiger partial charge in [0.2, 0.25) is 0 Å². The molecule has 7 N–H and O–H groups in total. The van der Waals surface area contributed by atoms with E-state index in [2.05, 4.69) is 41.2 Å². The zero-order valence-electron chi connectivity index (χ0n) is 12.2. The van der Waals surface area contributed by atoms with Gasteiger partial charge in [0.1, 0.15) is 6.04 Å². The molecule has 0 radical (unpaired) electrons. The Kier molecular flexibility index (Phi) is 8.93. The fourth-order valence-corrected chi connectivity index (χ4v) is 1.44. The highest BCUT2D eigenvalue weighted by Gasteiger charge is 2.09. The number of rotatable bonds is 6. The number of guanidine groups is 1. The second-order valence-corrected chi connectivity index (χ2v) is 4.50. The number of aliphatic imine (C=N–C) groups is 1. The van der Waals surface area contributed by atoms with Crippen LogP contribution in [0, 0.1) is 0 Å². The summed E-state index contributed by atoms with van der Waals surface area (Å²) in [6.07, 6.45) is 5.15. The monoisotopic (exact) mass is 286 g/mol. The molecule has 0 saturated carbocycles. The second-order valence-electron chi connectivity index (χ2n) is 4.50. The fraction of sp³-hybridized carbons (Fsp3) is 0.667. The van der Waals surface area contributed by atoms with Gasteiger partial charge in [-0.25, -0.2) is 0 Å². The van der Waals surface area contributed by atoms with Gasteiger partial charge in [-0.3, -0.25) is 9.79 Å². The number of nitrogens with two attached hydrogens (primary N) is 3. The molecule has 8 nitrogen and oxygen atoms in total. The Bertz CT molecular complexity index is 341. The van der Waals surface area contributed by atoms with Crippen LogP contribution in [-0.4, -0.2) is 59.7 Å². The molecular formula is C12H26N6O2. The first-order valence-electron chi connectivity index (χ1n) is 6.53. The summed E-state index contributed by atoms with van der Waals surface area (Å²) in [4.78, 5) is 18.3. The minimum atomic E-state index is -1.00. The van der Waals surface area contributed by atoms with Crippen LogP contribution >= 0.6 is 0 Å². The number of carboxylic acid groups (broad SMARTS) is 1. The first-order chi connectivity index (χ1) is 9.36. The van der Waals surface area contributed by atoms with E-state index in [-0.39, 0.29) is 5.96 Å². The fourth-order valence-electron chi connectivity index (χ4n) is 1.44. The summed E-state index contributed by atoms with van der Waals surface area (Å²) < 4.78 is 0. The lowest BCUT2D eigenvalue weighted by Crippen LogP contribution is -2.30. The van der Waals surface area contributed by atoms with E-state index in [0.717, 1.165) is 13.2 Å². The van der Waals surface area contributed by atoms with Gasteiger partial charge in [-0.1, -0.05) is 0 Å². The summed E-state index contributed by atoms with van der Waals surface area (Å²) >= 11 is 0. The molecule has 1 rings (SSSR count). The van der Waals surface area contributed by atoms with Crippen molar-refractivity contribution >= 4 is 11.9 Å². The summed E-state index contributed by atoms with van der Waals surface area (Å²) in [5.41, 5.74) is 15.3. The summed E-state index contributed by atoms with van der Waals surface area (Å²) in [6.45, 7) is 4.74. The molecule has 0 spiro atoms. The van der Waals surface area contributed by atoms with Crippen LogP contribution < -0.4 is 17.2 Å². The van der Waals surface area contributed by atoms with Crippen molar-refractivity contribution in [2.45, 2.75) is 25.8 Å². The lowest BCUT2D eigenvalue weighted by Gasteiger charge is -2.14. The maximum atomic E-state index is 10.2. The van der Waals surface area contributed by atoms with Gasteiger partial charge in [-0.15, -0.1) is 0 Å². The number of carbonyl (C=O) groups is 1. The zero-order chi connectivity index (χ0) is 15.5. The van der Waals surface area contributed by atoms with E-state index in [1.54, 1.807) is 0 Å². The number of carboxylic acids is 1. The highest BCUT2D eigenvalue weighted by molar-refractivity contribution is 5.75. The van der Waals surface area contributed by atoms with Crippen molar-refractivity contribution in [2.24, 2.45) is 22.2 Å². The number of nitrogens with zero attached hydrogens (tertiary/aromatic N) is 3. The van der Waals surface area contributed by atoms with Crippen LogP contribution in [0.5, 0.6) is 0 Å². The number of aliphatic carboxylic acids is 1. The third-order valence-corrected chi connectivity index (χ3v) is 2.63. The molecule has 20 heavy (non-hydrogen) atoms. The normalized spacial score (nSPS) is 14.6. The summed E-state index contributed by atoms with van der Waals surface area (Å²) in [6, 6.07) is -0.820. The Hall–Kier alpha value is -1.96. The molecule has 0 unspecified atom stereocenters. The Morgan fingerprint density at radius 3 is 2.45 bits per heavy atom. The van der Waals surface area contributed by atoms with Gasteiger partial charge in [-0.2, -0.15) is 0 Å². The van der Waals surface area contributed by atoms with Crippen molar-refractivity contribution in [2.75, 3.05) is 26.8 Å². The summed E-state index contributed by atoms with van der Waals surface area (Å²) in [5, 5.41) is 8.38. The summed E-state index contributed by atoms with van der Waals surface area (Å²) in [5.74, 6) is -0.987. The molecule has 1 aliphatic rings. The topological polar surface area (TPSA) is 134 Å². The Labute approximate surface area is 119 Å². The molecule has 1 atom stereocenters. The van der Waals surface area contributed by atoms with Crippen LogP contribution in [0.25, 0.3) is 0 Å². The van der Waals surface area contributed by atoms with Gasteiger partial charge in [0.15, 0.2) is 5.96 Å². The Morgan fingerprint density at radius 1 is 1.45 bits per heavy atom. The van der Waals surface area contributed by atoms with Crippen molar-refractivity contribution in [1.82, 2.24) is 9.80 Å². The van der Waals surface area contributed by atoms with Gasteiger partial charge in [0, 0.05) is 32.5 Å². The van der Waals surface area contributed by atoms with Crippen molar-refractivity contribution in [3.05, 3.63) is 12.4 Å². The van der Waals surface area contributed by atoms with E-state index in [0.29, 0.717) is 19.4 Å². The van der Waals surface area contributed by atoms with E-state index < -0.39 is 12.0 Å². The van der Waals surface area contributed by atoms with Gasteiger partial charge in [0.05, 0.1) is 6.67 Å². The van der Waals surface area contributed by atoms with Gasteiger partial charge >= 0.3 is 5.97 Å². The molecule has 0 aliphatic carbocycles. The molecule has 1 aliphatic heterocycles. The maximum absolute atomic E-state index is 10.2.